The first-order valence-electron chi connectivity index (χ1n) is 6.61. The van der Waals surface area contributed by atoms with Crippen molar-refractivity contribution >= 4 is 15.9 Å². The van der Waals surface area contributed by atoms with Crippen LogP contribution in [-0.4, -0.2) is 6.04 Å². The van der Waals surface area contributed by atoms with Gasteiger partial charge in [0.25, 0.3) is 0 Å². The van der Waals surface area contributed by atoms with Gasteiger partial charge in [0.05, 0.1) is 0 Å². The summed E-state index contributed by atoms with van der Waals surface area (Å²) in [4.78, 5) is 0. The normalized spacial score (nSPS) is 14.8. The maximum Gasteiger partial charge on any atom is 0.124 e. The zero-order chi connectivity index (χ0) is 13.7. The molecule has 0 fully saturated rings. The summed E-state index contributed by atoms with van der Waals surface area (Å²) in [6.07, 6.45) is 2.40. The molecule has 0 spiro atoms. The third-order valence-electron chi connectivity index (χ3n) is 3.14. The molecule has 0 saturated heterocycles. The van der Waals surface area contributed by atoms with Gasteiger partial charge in [0.1, 0.15) is 5.82 Å². The molecule has 1 aromatic rings. The average Bonchev–Trinajstić information content (AvgIpc) is 2.26. The molecule has 1 nitrogen and oxygen atoms in total. The van der Waals surface area contributed by atoms with Gasteiger partial charge in [0.15, 0.2) is 0 Å². The summed E-state index contributed by atoms with van der Waals surface area (Å²) >= 11 is 3.42. The van der Waals surface area contributed by atoms with Crippen LogP contribution in [0.2, 0.25) is 0 Å². The predicted molar refractivity (Wildman–Crippen MR) is 79.2 cm³/mol. The first-order chi connectivity index (χ1) is 8.40. The largest absolute Gasteiger partial charge is 0.308 e. The van der Waals surface area contributed by atoms with Crippen molar-refractivity contribution in [3.05, 3.63) is 34.1 Å². The fraction of sp³-hybridized carbons (Fsp3) is 0.600. The standard InChI is InChI=1S/C15H23BrFN/c1-10(2)5-6-11(3)18-12(4)14-8-7-13(17)9-15(14)16/h7-12,18H,5-6H2,1-4H3. The van der Waals surface area contributed by atoms with E-state index in [-0.39, 0.29) is 11.9 Å². The molecule has 2 unspecified atom stereocenters. The molecule has 1 rings (SSSR count). The maximum absolute atomic E-state index is 13.0. The Labute approximate surface area is 118 Å². The first kappa shape index (κ1) is 15.6. The summed E-state index contributed by atoms with van der Waals surface area (Å²) in [6, 6.07) is 5.57. The van der Waals surface area contributed by atoms with Crippen LogP contribution in [0.3, 0.4) is 0 Å². The highest BCUT2D eigenvalue weighted by Crippen LogP contribution is 2.24. The second-order valence-corrected chi connectivity index (χ2v) is 6.28. The Hall–Kier alpha value is -0.410. The molecule has 1 aromatic carbocycles. The van der Waals surface area contributed by atoms with Crippen LogP contribution in [0.5, 0.6) is 0 Å². The van der Waals surface area contributed by atoms with Crippen molar-refractivity contribution < 1.29 is 4.39 Å². The van der Waals surface area contributed by atoms with Gasteiger partial charge in [0.2, 0.25) is 0 Å². The minimum atomic E-state index is -0.203. The third kappa shape index (κ3) is 5.07. The van der Waals surface area contributed by atoms with Crippen molar-refractivity contribution in [1.82, 2.24) is 5.32 Å². The van der Waals surface area contributed by atoms with E-state index in [4.69, 9.17) is 0 Å². The second kappa shape index (κ2) is 7.25. The van der Waals surface area contributed by atoms with E-state index < -0.39 is 0 Å². The van der Waals surface area contributed by atoms with Gasteiger partial charge in [-0.25, -0.2) is 4.39 Å². The quantitative estimate of drug-likeness (QED) is 0.773. The van der Waals surface area contributed by atoms with Crippen molar-refractivity contribution in [2.24, 2.45) is 5.92 Å². The lowest BCUT2D eigenvalue weighted by Crippen LogP contribution is -2.29. The van der Waals surface area contributed by atoms with Gasteiger partial charge in [-0.2, -0.15) is 0 Å². The van der Waals surface area contributed by atoms with Crippen LogP contribution < -0.4 is 5.32 Å². The highest BCUT2D eigenvalue weighted by atomic mass is 79.9. The molecule has 0 aliphatic rings. The Kier molecular flexibility index (Phi) is 6.30. The van der Waals surface area contributed by atoms with E-state index in [9.17, 15) is 4.39 Å². The van der Waals surface area contributed by atoms with Crippen molar-refractivity contribution in [2.75, 3.05) is 0 Å². The van der Waals surface area contributed by atoms with Crippen LogP contribution >= 0.6 is 15.9 Å². The Morgan fingerprint density at radius 3 is 2.39 bits per heavy atom. The van der Waals surface area contributed by atoms with Crippen LogP contribution in [0.1, 0.15) is 52.1 Å². The second-order valence-electron chi connectivity index (χ2n) is 5.43. The summed E-state index contributed by atoms with van der Waals surface area (Å²) in [6.45, 7) is 8.81. The summed E-state index contributed by atoms with van der Waals surface area (Å²) < 4.78 is 13.9. The SMILES string of the molecule is CC(C)CCC(C)NC(C)c1ccc(F)cc1Br. The van der Waals surface area contributed by atoms with Gasteiger partial charge in [-0.05, 0) is 50.3 Å². The lowest BCUT2D eigenvalue weighted by Gasteiger charge is -2.22. The Bertz CT molecular complexity index is 379. The van der Waals surface area contributed by atoms with Crippen molar-refractivity contribution in [1.29, 1.82) is 0 Å². The molecule has 0 heterocycles. The molecular formula is C15H23BrFN. The minimum Gasteiger partial charge on any atom is -0.308 e. The zero-order valence-corrected chi connectivity index (χ0v) is 13.2. The van der Waals surface area contributed by atoms with Gasteiger partial charge in [-0.15, -0.1) is 0 Å². The highest BCUT2D eigenvalue weighted by Gasteiger charge is 2.13. The molecule has 0 radical (unpaired) electrons. The number of hydrogen-bond donors (Lipinski definition) is 1. The lowest BCUT2D eigenvalue weighted by molar-refractivity contribution is 0.416. The molecule has 3 heteroatoms. The fourth-order valence-electron chi connectivity index (χ4n) is 2.04. The van der Waals surface area contributed by atoms with Crippen molar-refractivity contribution in [3.8, 4) is 0 Å². The molecule has 0 aliphatic heterocycles. The number of hydrogen-bond acceptors (Lipinski definition) is 1. The number of benzene rings is 1. The summed E-state index contributed by atoms with van der Waals surface area (Å²) in [5.41, 5.74) is 1.10. The fourth-order valence-corrected chi connectivity index (χ4v) is 2.73. The smallest absolute Gasteiger partial charge is 0.124 e. The minimum absolute atomic E-state index is 0.203. The van der Waals surface area contributed by atoms with Gasteiger partial charge in [-0.3, -0.25) is 0 Å². The Balaban J connectivity index is 2.56. The molecule has 0 saturated carbocycles. The van der Waals surface area contributed by atoms with E-state index in [1.54, 1.807) is 0 Å². The molecule has 0 bridgehead atoms. The average molecular weight is 316 g/mol. The maximum atomic E-state index is 13.0. The van der Waals surface area contributed by atoms with E-state index in [2.05, 4.69) is 48.9 Å². The molecule has 18 heavy (non-hydrogen) atoms. The number of nitrogens with one attached hydrogen (secondary N) is 1. The summed E-state index contributed by atoms with van der Waals surface area (Å²) in [5, 5.41) is 3.56. The van der Waals surface area contributed by atoms with Gasteiger partial charge in [0, 0.05) is 16.6 Å². The summed E-state index contributed by atoms with van der Waals surface area (Å²) in [7, 11) is 0. The molecule has 0 aliphatic carbocycles. The van der Waals surface area contributed by atoms with Gasteiger partial charge in [-0.1, -0.05) is 35.8 Å². The monoisotopic (exact) mass is 315 g/mol. The zero-order valence-electron chi connectivity index (χ0n) is 11.6. The van der Waals surface area contributed by atoms with E-state index >= 15 is 0 Å². The molecule has 2 atom stereocenters. The van der Waals surface area contributed by atoms with Crippen molar-refractivity contribution in [2.45, 2.75) is 52.6 Å². The van der Waals surface area contributed by atoms with Gasteiger partial charge < -0.3 is 5.32 Å². The first-order valence-corrected chi connectivity index (χ1v) is 7.40. The molecule has 0 amide bonds. The van der Waals surface area contributed by atoms with Gasteiger partial charge >= 0.3 is 0 Å². The molecular weight excluding hydrogens is 293 g/mol. The van der Waals surface area contributed by atoms with Crippen molar-refractivity contribution in [3.63, 3.8) is 0 Å². The van der Waals surface area contributed by atoms with Crippen LogP contribution in [-0.2, 0) is 0 Å². The van der Waals surface area contributed by atoms with E-state index in [0.717, 1.165) is 16.0 Å². The topological polar surface area (TPSA) is 12.0 Å². The van der Waals surface area contributed by atoms with E-state index in [1.165, 1.54) is 25.0 Å². The molecule has 1 N–H and O–H groups in total. The number of rotatable bonds is 6. The van der Waals surface area contributed by atoms with E-state index in [1.807, 2.05) is 6.07 Å². The third-order valence-corrected chi connectivity index (χ3v) is 3.83. The Morgan fingerprint density at radius 1 is 1.17 bits per heavy atom. The molecule has 102 valence electrons. The van der Waals surface area contributed by atoms with Crippen LogP contribution in [0.15, 0.2) is 22.7 Å². The predicted octanol–water partition coefficient (Wildman–Crippen LogP) is 5.06. The van der Waals surface area contributed by atoms with Crippen LogP contribution in [0.4, 0.5) is 4.39 Å². The number of halogens is 2. The van der Waals surface area contributed by atoms with Crippen LogP contribution in [0, 0.1) is 11.7 Å². The highest BCUT2D eigenvalue weighted by molar-refractivity contribution is 9.10. The van der Waals surface area contributed by atoms with E-state index in [0.29, 0.717) is 6.04 Å². The summed E-state index contributed by atoms with van der Waals surface area (Å²) in [5.74, 6) is 0.535. The molecule has 0 aromatic heterocycles. The lowest BCUT2D eigenvalue weighted by atomic mass is 10.0. The Morgan fingerprint density at radius 2 is 1.83 bits per heavy atom. The van der Waals surface area contributed by atoms with Crippen LogP contribution in [0.25, 0.3) is 0 Å².